The zero-order valence-corrected chi connectivity index (χ0v) is 23.0. The Morgan fingerprint density at radius 1 is 1.08 bits per heavy atom. The zero-order valence-electron chi connectivity index (χ0n) is 22.2. The largest absolute Gasteiger partial charge is 0.457 e. The van der Waals surface area contributed by atoms with E-state index in [0.717, 1.165) is 41.6 Å². The van der Waals surface area contributed by atoms with E-state index in [4.69, 9.17) is 4.74 Å². The summed E-state index contributed by atoms with van der Waals surface area (Å²) in [4.78, 5) is 36.7. The van der Waals surface area contributed by atoms with Crippen molar-refractivity contribution in [3.05, 3.63) is 71.2 Å². The number of aromatic nitrogens is 1. The van der Waals surface area contributed by atoms with Crippen molar-refractivity contribution >= 4 is 50.6 Å². The fourth-order valence-electron chi connectivity index (χ4n) is 5.68. The van der Waals surface area contributed by atoms with Crippen molar-refractivity contribution < 1.29 is 14.3 Å². The predicted molar refractivity (Wildman–Crippen MR) is 156 cm³/mol. The van der Waals surface area contributed by atoms with Crippen LogP contribution in [-0.4, -0.2) is 48.0 Å². The van der Waals surface area contributed by atoms with E-state index in [2.05, 4.69) is 34.6 Å². The molecular formula is C30H31N5O3S. The minimum Gasteiger partial charge on any atom is -0.457 e. The molecule has 200 valence electrons. The van der Waals surface area contributed by atoms with Gasteiger partial charge in [0.05, 0.1) is 22.4 Å². The van der Waals surface area contributed by atoms with Gasteiger partial charge in [-0.1, -0.05) is 31.0 Å². The molecule has 8 nitrogen and oxygen atoms in total. The first-order valence-electron chi connectivity index (χ1n) is 13.2. The first-order valence-corrected chi connectivity index (χ1v) is 14.1. The van der Waals surface area contributed by atoms with Crippen LogP contribution in [0.3, 0.4) is 0 Å². The Morgan fingerprint density at radius 3 is 2.64 bits per heavy atom. The van der Waals surface area contributed by atoms with Gasteiger partial charge in [0, 0.05) is 18.3 Å². The van der Waals surface area contributed by atoms with E-state index >= 15 is 0 Å². The molecule has 1 aliphatic heterocycles. The second-order valence-corrected chi connectivity index (χ2v) is 11.3. The summed E-state index contributed by atoms with van der Waals surface area (Å²) in [6, 6.07) is 17.1. The Morgan fingerprint density at radius 2 is 1.87 bits per heavy atom. The first kappa shape index (κ1) is 25.3. The lowest BCUT2D eigenvalue weighted by atomic mass is 9.89. The summed E-state index contributed by atoms with van der Waals surface area (Å²) in [5.74, 6) is 1.27. The first-order chi connectivity index (χ1) is 18.9. The topological polar surface area (TPSA) is 86.8 Å². The molecule has 0 spiro atoms. The fraction of sp³-hybridized carbons (Fsp3) is 0.300. The number of nitrogens with one attached hydrogen (secondary N) is 2. The number of rotatable bonds is 6. The third-order valence-corrected chi connectivity index (χ3v) is 8.65. The highest BCUT2D eigenvalue weighted by molar-refractivity contribution is 7.21. The van der Waals surface area contributed by atoms with Crippen LogP contribution in [0.1, 0.15) is 40.9 Å². The molecule has 6 rings (SSSR count). The smallest absolute Gasteiger partial charge is 0.331 e. The second-order valence-electron chi connectivity index (χ2n) is 10.3. The number of anilines is 3. The van der Waals surface area contributed by atoms with Crippen molar-refractivity contribution in [1.82, 2.24) is 15.2 Å². The van der Waals surface area contributed by atoms with E-state index in [1.165, 1.54) is 17.8 Å². The van der Waals surface area contributed by atoms with Crippen molar-refractivity contribution in [2.75, 3.05) is 24.3 Å². The van der Waals surface area contributed by atoms with E-state index < -0.39 is 0 Å². The summed E-state index contributed by atoms with van der Waals surface area (Å²) in [5.41, 5.74) is 2.86. The number of carbonyl (C=O) groups is 2. The van der Waals surface area contributed by atoms with Crippen LogP contribution >= 0.6 is 11.3 Å². The normalized spacial score (nSPS) is 18.8. The molecule has 0 saturated heterocycles. The molecule has 4 aromatic rings. The average Bonchev–Trinajstić information content (AvgIpc) is 3.30. The second kappa shape index (κ2) is 10.3. The van der Waals surface area contributed by atoms with Gasteiger partial charge in [-0.2, -0.15) is 0 Å². The number of aryl methyl sites for hydroxylation is 1. The monoisotopic (exact) mass is 541 g/mol. The summed E-state index contributed by atoms with van der Waals surface area (Å²) in [5, 5.41) is 7.05. The molecule has 1 fully saturated rings. The van der Waals surface area contributed by atoms with Gasteiger partial charge in [0.2, 0.25) is 0 Å². The Bertz CT molecular complexity index is 1550. The zero-order chi connectivity index (χ0) is 27.1. The molecule has 9 heteroatoms. The van der Waals surface area contributed by atoms with E-state index in [9.17, 15) is 9.59 Å². The lowest BCUT2D eigenvalue weighted by molar-refractivity contribution is 0.0888. The Labute approximate surface area is 231 Å². The predicted octanol–water partition coefficient (Wildman–Crippen LogP) is 6.68. The maximum Gasteiger partial charge on any atom is 0.331 e. The van der Waals surface area contributed by atoms with Crippen molar-refractivity contribution in [3.8, 4) is 11.5 Å². The lowest BCUT2D eigenvalue weighted by Gasteiger charge is -2.36. The lowest BCUT2D eigenvalue weighted by Crippen LogP contribution is -2.51. The number of benzene rings is 2. The molecule has 0 bridgehead atoms. The highest BCUT2D eigenvalue weighted by atomic mass is 32.1. The van der Waals surface area contributed by atoms with E-state index in [-0.39, 0.29) is 18.0 Å². The van der Waals surface area contributed by atoms with Crippen LogP contribution in [0, 0.1) is 6.92 Å². The maximum absolute atomic E-state index is 13.6. The summed E-state index contributed by atoms with van der Waals surface area (Å²) in [7, 11) is 4.12. The molecule has 1 saturated carbocycles. The highest BCUT2D eigenvalue weighted by Crippen LogP contribution is 2.46. The summed E-state index contributed by atoms with van der Waals surface area (Å²) >= 11 is 1.32. The van der Waals surface area contributed by atoms with Gasteiger partial charge < -0.3 is 20.3 Å². The standard InChI is InChI=1S/C30H31N5O3S/c1-18-17-20(38-19-9-5-4-6-10-19)13-14-22(18)35-24-15-16-31-29-25(24)26(33-30(35)37)27(39-29)28(36)32-21-11-7-8-12-23(21)34(2)3/h4-6,9-10,13-17,21,23H,7-8,11-12H2,1-3H3,(H,32,36)(H,33,37). The van der Waals surface area contributed by atoms with Gasteiger partial charge >= 0.3 is 6.03 Å². The van der Waals surface area contributed by atoms with Crippen molar-refractivity contribution in [1.29, 1.82) is 0 Å². The number of ether oxygens (including phenoxy) is 1. The molecular weight excluding hydrogens is 510 g/mol. The molecule has 2 aromatic carbocycles. The third-order valence-electron chi connectivity index (χ3n) is 7.55. The Hall–Kier alpha value is -3.95. The van der Waals surface area contributed by atoms with Crippen LogP contribution in [0.2, 0.25) is 0 Å². The molecule has 3 heterocycles. The SMILES string of the molecule is Cc1cc(Oc2ccccc2)ccc1N1C(=O)Nc2c(C(=O)NC3CCCCC3N(C)C)sc3nccc1c23. The minimum atomic E-state index is -0.314. The molecule has 2 atom stereocenters. The number of hydrogen-bond donors (Lipinski definition) is 2. The molecule has 2 aromatic heterocycles. The molecule has 2 aliphatic rings. The van der Waals surface area contributed by atoms with Gasteiger partial charge in [-0.25, -0.2) is 9.78 Å². The quantitative estimate of drug-likeness (QED) is 0.284. The van der Waals surface area contributed by atoms with Gasteiger partial charge in [-0.3, -0.25) is 9.69 Å². The van der Waals surface area contributed by atoms with Crippen LogP contribution in [0.5, 0.6) is 11.5 Å². The fourth-order valence-corrected chi connectivity index (χ4v) is 6.70. The van der Waals surface area contributed by atoms with Crippen molar-refractivity contribution in [2.45, 2.75) is 44.7 Å². The number of nitrogens with zero attached hydrogens (tertiary/aromatic N) is 3. The van der Waals surface area contributed by atoms with Crippen LogP contribution in [0.25, 0.3) is 10.2 Å². The molecule has 2 unspecified atom stereocenters. The van der Waals surface area contributed by atoms with Gasteiger partial charge in [0.25, 0.3) is 5.91 Å². The van der Waals surface area contributed by atoms with Gasteiger partial charge in [-0.05, 0) is 75.8 Å². The number of urea groups is 1. The minimum absolute atomic E-state index is 0.0705. The van der Waals surface area contributed by atoms with E-state index in [1.807, 2.05) is 61.5 Å². The molecule has 1 aliphatic carbocycles. The summed E-state index contributed by atoms with van der Waals surface area (Å²) < 4.78 is 5.98. The number of thiophene rings is 1. The Kier molecular flexibility index (Phi) is 6.70. The third kappa shape index (κ3) is 4.72. The van der Waals surface area contributed by atoms with Gasteiger partial charge in [-0.15, -0.1) is 11.3 Å². The average molecular weight is 542 g/mol. The van der Waals surface area contributed by atoms with Crippen LogP contribution in [0.15, 0.2) is 60.8 Å². The van der Waals surface area contributed by atoms with Crippen LogP contribution < -0.4 is 20.3 Å². The summed E-state index contributed by atoms with van der Waals surface area (Å²) in [6.45, 7) is 1.95. The molecule has 0 radical (unpaired) electrons. The Balaban J connectivity index is 1.32. The number of pyridine rings is 1. The molecule has 39 heavy (non-hydrogen) atoms. The number of carbonyl (C=O) groups excluding carboxylic acids is 2. The molecule has 3 amide bonds. The van der Waals surface area contributed by atoms with Crippen molar-refractivity contribution in [3.63, 3.8) is 0 Å². The number of amides is 3. The van der Waals surface area contributed by atoms with Crippen LogP contribution in [0.4, 0.5) is 21.9 Å². The number of hydrogen-bond acceptors (Lipinski definition) is 6. The van der Waals surface area contributed by atoms with Crippen molar-refractivity contribution in [2.24, 2.45) is 0 Å². The number of para-hydroxylation sites is 1. The maximum atomic E-state index is 13.6. The van der Waals surface area contributed by atoms with Gasteiger partial charge in [0.15, 0.2) is 0 Å². The summed E-state index contributed by atoms with van der Waals surface area (Å²) in [6.07, 6.45) is 5.96. The van der Waals surface area contributed by atoms with E-state index in [0.29, 0.717) is 32.9 Å². The van der Waals surface area contributed by atoms with E-state index in [1.54, 1.807) is 11.1 Å². The number of likely N-dealkylation sites (N-methyl/N-ethyl adjacent to an activating group) is 1. The van der Waals surface area contributed by atoms with Gasteiger partial charge in [0.1, 0.15) is 21.2 Å². The highest BCUT2D eigenvalue weighted by Gasteiger charge is 2.35. The molecule has 2 N–H and O–H groups in total. The van der Waals surface area contributed by atoms with Crippen LogP contribution in [-0.2, 0) is 0 Å².